The van der Waals surface area contributed by atoms with E-state index in [9.17, 15) is 0 Å². The second-order valence-corrected chi connectivity index (χ2v) is 4.78. The van der Waals surface area contributed by atoms with Crippen LogP contribution in [0.1, 0.15) is 26.1 Å². The third-order valence-corrected chi connectivity index (χ3v) is 2.40. The maximum atomic E-state index is 5.72. The molecular weight excluding hydrogens is 214 g/mol. The average molecular weight is 232 g/mol. The normalized spacial score (nSPS) is 12.0. The molecule has 1 N–H and O–H groups in total. The fourth-order valence-corrected chi connectivity index (χ4v) is 1.76. The summed E-state index contributed by atoms with van der Waals surface area (Å²) in [5.41, 5.74) is 0.212. The van der Waals surface area contributed by atoms with Gasteiger partial charge in [-0.25, -0.2) is 0 Å². The van der Waals surface area contributed by atoms with Gasteiger partial charge < -0.3 is 5.32 Å². The maximum absolute atomic E-state index is 5.72. The lowest BCUT2D eigenvalue weighted by atomic mass is 9.90. The Kier molecular flexibility index (Phi) is 4.47. The Labute approximate surface area is 95.2 Å². The highest BCUT2D eigenvalue weighted by molar-refractivity contribution is 6.17. The molecule has 86 valence electrons. The first-order chi connectivity index (χ1) is 7.03. The third kappa shape index (κ3) is 4.57. The standard InChI is InChI=1S/C9H18ClN5/c1-9(2,4-5-10)7-11-6-8-12-14-15(3)13-8/h11H,4-7H2,1-3H3. The highest BCUT2D eigenvalue weighted by Crippen LogP contribution is 2.19. The minimum absolute atomic E-state index is 0.212. The number of alkyl halides is 1. The van der Waals surface area contributed by atoms with Crippen molar-refractivity contribution in [3.05, 3.63) is 5.82 Å². The minimum atomic E-state index is 0.212. The molecule has 0 saturated heterocycles. The maximum Gasteiger partial charge on any atom is 0.188 e. The van der Waals surface area contributed by atoms with E-state index in [1.807, 2.05) is 0 Å². The SMILES string of the molecule is Cn1nnc(CNCC(C)(C)CCCl)n1. The van der Waals surface area contributed by atoms with Gasteiger partial charge >= 0.3 is 0 Å². The van der Waals surface area contributed by atoms with E-state index < -0.39 is 0 Å². The quantitative estimate of drug-likeness (QED) is 0.741. The number of hydrogen-bond donors (Lipinski definition) is 1. The second kappa shape index (κ2) is 5.42. The fraction of sp³-hybridized carbons (Fsp3) is 0.889. The Hall–Kier alpha value is -0.680. The first kappa shape index (κ1) is 12.4. The zero-order valence-corrected chi connectivity index (χ0v) is 10.3. The van der Waals surface area contributed by atoms with Crippen LogP contribution >= 0.6 is 11.6 Å². The van der Waals surface area contributed by atoms with Crippen molar-refractivity contribution in [3.63, 3.8) is 0 Å². The van der Waals surface area contributed by atoms with E-state index in [1.165, 1.54) is 4.80 Å². The van der Waals surface area contributed by atoms with Crippen LogP contribution in [-0.2, 0) is 13.6 Å². The number of rotatable bonds is 6. The summed E-state index contributed by atoms with van der Waals surface area (Å²) in [6.07, 6.45) is 0.995. The third-order valence-electron chi connectivity index (χ3n) is 2.21. The van der Waals surface area contributed by atoms with Crippen molar-refractivity contribution in [3.8, 4) is 0 Å². The lowest BCUT2D eigenvalue weighted by molar-refractivity contribution is 0.328. The molecule has 0 bridgehead atoms. The number of tetrazole rings is 1. The first-order valence-corrected chi connectivity index (χ1v) is 5.56. The van der Waals surface area contributed by atoms with Crippen molar-refractivity contribution in [2.24, 2.45) is 12.5 Å². The molecule has 0 aliphatic rings. The molecule has 0 saturated carbocycles. The molecule has 0 aliphatic heterocycles. The predicted octanol–water partition coefficient (Wildman–Crippen LogP) is 0.955. The Morgan fingerprint density at radius 3 is 2.73 bits per heavy atom. The van der Waals surface area contributed by atoms with Crippen molar-refractivity contribution in [1.29, 1.82) is 0 Å². The van der Waals surface area contributed by atoms with E-state index >= 15 is 0 Å². The van der Waals surface area contributed by atoms with Crippen molar-refractivity contribution < 1.29 is 0 Å². The van der Waals surface area contributed by atoms with Gasteiger partial charge in [-0.1, -0.05) is 13.8 Å². The summed E-state index contributed by atoms with van der Waals surface area (Å²) in [7, 11) is 1.76. The van der Waals surface area contributed by atoms with Crippen molar-refractivity contribution in [1.82, 2.24) is 25.5 Å². The van der Waals surface area contributed by atoms with Crippen LogP contribution in [0.3, 0.4) is 0 Å². The van der Waals surface area contributed by atoms with Crippen LogP contribution in [0.4, 0.5) is 0 Å². The first-order valence-electron chi connectivity index (χ1n) is 5.03. The molecular formula is C9H18ClN5. The summed E-state index contributed by atoms with van der Waals surface area (Å²) < 4.78 is 0. The molecule has 6 heteroatoms. The zero-order valence-electron chi connectivity index (χ0n) is 9.50. The van der Waals surface area contributed by atoms with E-state index in [-0.39, 0.29) is 5.41 Å². The number of halogens is 1. The average Bonchev–Trinajstić information content (AvgIpc) is 2.51. The highest BCUT2D eigenvalue weighted by Gasteiger charge is 2.16. The Bertz CT molecular complexity index is 296. The molecule has 0 radical (unpaired) electrons. The summed E-state index contributed by atoms with van der Waals surface area (Å²) in [4.78, 5) is 1.46. The fourth-order valence-electron chi connectivity index (χ4n) is 1.25. The van der Waals surface area contributed by atoms with Gasteiger partial charge in [-0.2, -0.15) is 4.80 Å². The van der Waals surface area contributed by atoms with Crippen LogP contribution in [0, 0.1) is 5.41 Å². The number of hydrogen-bond acceptors (Lipinski definition) is 4. The van der Waals surface area contributed by atoms with Gasteiger partial charge in [-0.05, 0) is 17.0 Å². The Balaban J connectivity index is 2.27. The summed E-state index contributed by atoms with van der Waals surface area (Å²) in [6.45, 7) is 5.93. The van der Waals surface area contributed by atoms with Crippen molar-refractivity contribution in [2.45, 2.75) is 26.8 Å². The van der Waals surface area contributed by atoms with Gasteiger partial charge in [-0.15, -0.1) is 21.8 Å². The lowest BCUT2D eigenvalue weighted by Crippen LogP contribution is -2.29. The highest BCUT2D eigenvalue weighted by atomic mass is 35.5. The molecule has 1 heterocycles. The molecule has 1 aromatic rings. The largest absolute Gasteiger partial charge is 0.309 e. The molecule has 5 nitrogen and oxygen atoms in total. The molecule has 0 atom stereocenters. The number of nitrogens with one attached hydrogen (secondary N) is 1. The van der Waals surface area contributed by atoms with Gasteiger partial charge in [0, 0.05) is 12.4 Å². The topological polar surface area (TPSA) is 55.6 Å². The zero-order chi connectivity index (χ0) is 11.3. The summed E-state index contributed by atoms with van der Waals surface area (Å²) in [5, 5.41) is 15.0. The second-order valence-electron chi connectivity index (χ2n) is 4.40. The lowest BCUT2D eigenvalue weighted by Gasteiger charge is -2.23. The van der Waals surface area contributed by atoms with Crippen LogP contribution in [0.5, 0.6) is 0 Å². The van der Waals surface area contributed by atoms with E-state index in [1.54, 1.807) is 7.05 Å². The van der Waals surface area contributed by atoms with Gasteiger partial charge in [0.2, 0.25) is 0 Å². The van der Waals surface area contributed by atoms with Crippen LogP contribution < -0.4 is 5.32 Å². The van der Waals surface area contributed by atoms with Crippen molar-refractivity contribution in [2.75, 3.05) is 12.4 Å². The van der Waals surface area contributed by atoms with Gasteiger partial charge in [0.1, 0.15) is 0 Å². The monoisotopic (exact) mass is 231 g/mol. The smallest absolute Gasteiger partial charge is 0.188 e. The van der Waals surface area contributed by atoms with Crippen LogP contribution in [-0.4, -0.2) is 32.6 Å². The summed E-state index contributed by atoms with van der Waals surface area (Å²) in [5.74, 6) is 1.41. The van der Waals surface area contributed by atoms with E-state index in [0.717, 1.165) is 18.8 Å². The molecule has 0 fully saturated rings. The van der Waals surface area contributed by atoms with Gasteiger partial charge in [-0.3, -0.25) is 0 Å². The number of aromatic nitrogens is 4. The van der Waals surface area contributed by atoms with Gasteiger partial charge in [0.15, 0.2) is 5.82 Å². The number of aryl methyl sites for hydroxylation is 1. The molecule has 0 unspecified atom stereocenters. The van der Waals surface area contributed by atoms with Crippen LogP contribution in [0.2, 0.25) is 0 Å². The minimum Gasteiger partial charge on any atom is -0.309 e. The van der Waals surface area contributed by atoms with Gasteiger partial charge in [0.05, 0.1) is 13.6 Å². The van der Waals surface area contributed by atoms with Crippen molar-refractivity contribution >= 4 is 11.6 Å². The molecule has 15 heavy (non-hydrogen) atoms. The molecule has 0 aliphatic carbocycles. The summed E-state index contributed by atoms with van der Waals surface area (Å²) in [6, 6.07) is 0. The van der Waals surface area contributed by atoms with Gasteiger partial charge in [0.25, 0.3) is 0 Å². The molecule has 1 rings (SSSR count). The summed E-state index contributed by atoms with van der Waals surface area (Å²) >= 11 is 5.72. The predicted molar refractivity (Wildman–Crippen MR) is 59.6 cm³/mol. The Morgan fingerprint density at radius 2 is 2.20 bits per heavy atom. The molecule has 0 amide bonds. The number of nitrogens with zero attached hydrogens (tertiary/aromatic N) is 4. The Morgan fingerprint density at radius 1 is 1.47 bits per heavy atom. The van der Waals surface area contributed by atoms with E-state index in [2.05, 4.69) is 34.6 Å². The molecule has 0 aromatic carbocycles. The van der Waals surface area contributed by atoms with E-state index in [4.69, 9.17) is 11.6 Å². The van der Waals surface area contributed by atoms with E-state index in [0.29, 0.717) is 12.4 Å². The molecule has 1 aromatic heterocycles. The van der Waals surface area contributed by atoms with Crippen LogP contribution in [0.15, 0.2) is 0 Å². The van der Waals surface area contributed by atoms with Crippen LogP contribution in [0.25, 0.3) is 0 Å². The molecule has 0 spiro atoms.